The lowest BCUT2D eigenvalue weighted by atomic mass is 9.89. The number of H-pyrrole nitrogens is 1. The summed E-state index contributed by atoms with van der Waals surface area (Å²) in [5.74, 6) is 0.0505. The Hall–Kier alpha value is -2.86. The zero-order chi connectivity index (χ0) is 19.5. The summed E-state index contributed by atoms with van der Waals surface area (Å²) >= 11 is 5.90. The molecule has 1 aliphatic rings. The molecule has 0 unspecified atom stereocenters. The van der Waals surface area contributed by atoms with E-state index in [2.05, 4.69) is 21.4 Å². The minimum atomic E-state index is -0.294. The molecule has 2 N–H and O–H groups in total. The van der Waals surface area contributed by atoms with Crippen LogP contribution in [-0.2, 0) is 4.79 Å². The van der Waals surface area contributed by atoms with Gasteiger partial charge in [-0.3, -0.25) is 9.59 Å². The van der Waals surface area contributed by atoms with Crippen molar-refractivity contribution < 1.29 is 9.59 Å². The summed E-state index contributed by atoms with van der Waals surface area (Å²) in [6.07, 6.45) is 5.61. The van der Waals surface area contributed by atoms with E-state index >= 15 is 0 Å². The number of halogens is 1. The Morgan fingerprint density at radius 3 is 2.82 bits per heavy atom. The number of carbonyl (C=O) groups is 2. The Balaban J connectivity index is 1.31. The second-order valence-corrected chi connectivity index (χ2v) is 7.43. The van der Waals surface area contributed by atoms with Crippen LogP contribution in [0, 0.1) is 0 Å². The van der Waals surface area contributed by atoms with Crippen LogP contribution in [0.1, 0.15) is 34.7 Å². The molecule has 0 bridgehead atoms. The maximum Gasteiger partial charge on any atom is 0.251 e. The third-order valence-electron chi connectivity index (χ3n) is 5.26. The summed E-state index contributed by atoms with van der Waals surface area (Å²) in [6.45, 7) is 1.36. The van der Waals surface area contributed by atoms with Crippen molar-refractivity contribution in [2.75, 3.05) is 19.6 Å². The van der Waals surface area contributed by atoms with Crippen LogP contribution in [0.15, 0.2) is 48.8 Å². The Bertz CT molecular complexity index is 1010. The van der Waals surface area contributed by atoms with Crippen molar-refractivity contribution in [1.82, 2.24) is 20.2 Å². The van der Waals surface area contributed by atoms with E-state index < -0.39 is 0 Å². The molecular weight excluding hydrogens is 376 g/mol. The van der Waals surface area contributed by atoms with Crippen LogP contribution in [0.25, 0.3) is 11.0 Å². The summed E-state index contributed by atoms with van der Waals surface area (Å²) in [5.41, 5.74) is 2.62. The number of hydrogen-bond donors (Lipinski definition) is 2. The highest BCUT2D eigenvalue weighted by Crippen LogP contribution is 2.32. The van der Waals surface area contributed by atoms with Gasteiger partial charge in [0.2, 0.25) is 5.91 Å². The Kier molecular flexibility index (Phi) is 5.30. The Morgan fingerprint density at radius 1 is 1.21 bits per heavy atom. The fourth-order valence-electron chi connectivity index (χ4n) is 3.75. The van der Waals surface area contributed by atoms with Crippen molar-refractivity contribution in [1.29, 1.82) is 0 Å². The van der Waals surface area contributed by atoms with E-state index in [4.69, 9.17) is 11.6 Å². The molecule has 144 valence electrons. The van der Waals surface area contributed by atoms with Crippen LogP contribution >= 0.6 is 11.6 Å². The molecule has 28 heavy (non-hydrogen) atoms. The molecule has 1 fully saturated rings. The predicted molar refractivity (Wildman–Crippen MR) is 108 cm³/mol. The van der Waals surface area contributed by atoms with Crippen LogP contribution in [0.4, 0.5) is 0 Å². The minimum absolute atomic E-state index is 0.00693. The predicted octanol–water partition coefficient (Wildman–Crippen LogP) is 3.35. The molecule has 7 heteroatoms. The molecule has 3 aromatic rings. The number of nitrogens with one attached hydrogen (secondary N) is 2. The monoisotopic (exact) mass is 396 g/mol. The van der Waals surface area contributed by atoms with Crippen LogP contribution < -0.4 is 5.32 Å². The van der Waals surface area contributed by atoms with Gasteiger partial charge in [-0.1, -0.05) is 17.7 Å². The van der Waals surface area contributed by atoms with Crippen molar-refractivity contribution in [3.63, 3.8) is 0 Å². The van der Waals surface area contributed by atoms with E-state index in [1.807, 2.05) is 17.2 Å². The summed E-state index contributed by atoms with van der Waals surface area (Å²) < 4.78 is 0. The highest BCUT2D eigenvalue weighted by atomic mass is 35.5. The number of nitrogens with zero attached hydrogens (tertiary/aromatic N) is 2. The number of aromatic nitrogens is 2. The smallest absolute Gasteiger partial charge is 0.251 e. The van der Waals surface area contributed by atoms with Crippen LogP contribution in [-0.4, -0.2) is 46.3 Å². The molecule has 6 nitrogen and oxygen atoms in total. The summed E-state index contributed by atoms with van der Waals surface area (Å²) in [4.78, 5) is 34.0. The lowest BCUT2D eigenvalue weighted by Crippen LogP contribution is -2.43. The average Bonchev–Trinajstić information content (AvgIpc) is 3.16. The van der Waals surface area contributed by atoms with Gasteiger partial charge < -0.3 is 15.2 Å². The van der Waals surface area contributed by atoms with Gasteiger partial charge in [-0.25, -0.2) is 4.98 Å². The molecule has 0 radical (unpaired) electrons. The van der Waals surface area contributed by atoms with Gasteiger partial charge in [-0.2, -0.15) is 0 Å². The highest BCUT2D eigenvalue weighted by Gasteiger charge is 2.25. The van der Waals surface area contributed by atoms with Crippen molar-refractivity contribution in [2.24, 2.45) is 0 Å². The third kappa shape index (κ3) is 3.87. The maximum atomic E-state index is 12.5. The SMILES string of the molecule is O=C(NCC(=O)N1CCC(c2c[nH]c3ncccc23)CC1)c1cccc(Cl)c1. The normalized spacial score (nSPS) is 15.0. The number of piperidine rings is 1. The first kappa shape index (κ1) is 18.5. The number of fused-ring (bicyclic) bond motifs is 1. The standard InChI is InChI=1S/C21H21ClN4O2/c22-16-4-1-3-15(11-16)21(28)25-13-19(27)26-9-6-14(7-10-26)18-12-24-20-17(18)5-2-8-23-20/h1-5,8,11-12,14H,6-7,9-10,13H2,(H,23,24)(H,25,28). The van der Waals surface area contributed by atoms with Crippen molar-refractivity contribution in [2.45, 2.75) is 18.8 Å². The van der Waals surface area contributed by atoms with Gasteiger partial charge in [0.05, 0.1) is 6.54 Å². The van der Waals surface area contributed by atoms with Gasteiger partial charge in [0.25, 0.3) is 5.91 Å². The van der Waals surface area contributed by atoms with Gasteiger partial charge in [0.1, 0.15) is 5.65 Å². The first-order valence-electron chi connectivity index (χ1n) is 9.35. The number of pyridine rings is 1. The average molecular weight is 397 g/mol. The van der Waals surface area contributed by atoms with E-state index in [1.54, 1.807) is 30.5 Å². The van der Waals surface area contributed by atoms with Gasteiger partial charge in [0, 0.05) is 41.5 Å². The summed E-state index contributed by atoms with van der Waals surface area (Å²) in [6, 6.07) is 10.7. The van der Waals surface area contributed by atoms with Gasteiger partial charge in [0.15, 0.2) is 0 Å². The Labute approximate surface area is 167 Å². The Morgan fingerprint density at radius 2 is 2.04 bits per heavy atom. The number of amides is 2. The lowest BCUT2D eigenvalue weighted by Gasteiger charge is -2.32. The van der Waals surface area contributed by atoms with Crippen molar-refractivity contribution in [3.8, 4) is 0 Å². The van der Waals surface area contributed by atoms with E-state index in [9.17, 15) is 9.59 Å². The molecule has 1 saturated heterocycles. The molecule has 4 rings (SSSR count). The maximum absolute atomic E-state index is 12.5. The largest absolute Gasteiger partial charge is 0.346 e. The molecule has 1 aliphatic heterocycles. The lowest BCUT2D eigenvalue weighted by molar-refractivity contribution is -0.131. The van der Waals surface area contributed by atoms with Crippen molar-refractivity contribution >= 4 is 34.4 Å². The molecule has 0 saturated carbocycles. The molecule has 2 amide bonds. The molecule has 1 aromatic carbocycles. The number of benzene rings is 1. The molecule has 2 aromatic heterocycles. The number of aromatic amines is 1. The quantitative estimate of drug-likeness (QED) is 0.709. The fourth-order valence-corrected chi connectivity index (χ4v) is 3.94. The number of carbonyl (C=O) groups excluding carboxylic acids is 2. The number of rotatable bonds is 4. The summed E-state index contributed by atoms with van der Waals surface area (Å²) in [5, 5.41) is 4.33. The molecule has 0 atom stereocenters. The minimum Gasteiger partial charge on any atom is -0.346 e. The van der Waals surface area contributed by atoms with E-state index in [-0.39, 0.29) is 18.4 Å². The van der Waals surface area contributed by atoms with Crippen molar-refractivity contribution in [3.05, 3.63) is 64.9 Å². The molecule has 3 heterocycles. The molecule has 0 aliphatic carbocycles. The summed E-state index contributed by atoms with van der Waals surface area (Å²) in [7, 11) is 0. The van der Waals surface area contributed by atoms with Crippen LogP contribution in [0.5, 0.6) is 0 Å². The topological polar surface area (TPSA) is 78.1 Å². The zero-order valence-corrected chi connectivity index (χ0v) is 16.1. The third-order valence-corrected chi connectivity index (χ3v) is 5.49. The molecular formula is C21H21ClN4O2. The van der Waals surface area contributed by atoms with Crippen LogP contribution in [0.3, 0.4) is 0 Å². The number of hydrogen-bond acceptors (Lipinski definition) is 3. The molecule has 0 spiro atoms. The van der Waals surface area contributed by atoms with E-state index in [0.717, 1.165) is 23.9 Å². The highest BCUT2D eigenvalue weighted by molar-refractivity contribution is 6.31. The van der Waals surface area contributed by atoms with E-state index in [1.165, 1.54) is 5.56 Å². The van der Waals surface area contributed by atoms with Gasteiger partial charge in [-0.05, 0) is 54.7 Å². The van der Waals surface area contributed by atoms with Crippen LogP contribution in [0.2, 0.25) is 5.02 Å². The second kappa shape index (κ2) is 8.02. The van der Waals surface area contributed by atoms with Gasteiger partial charge in [-0.15, -0.1) is 0 Å². The fraction of sp³-hybridized carbons (Fsp3) is 0.286. The number of likely N-dealkylation sites (tertiary alicyclic amines) is 1. The zero-order valence-electron chi connectivity index (χ0n) is 15.3. The van der Waals surface area contributed by atoms with Gasteiger partial charge >= 0.3 is 0 Å². The second-order valence-electron chi connectivity index (χ2n) is 6.99. The first-order chi connectivity index (χ1) is 13.6. The first-order valence-corrected chi connectivity index (χ1v) is 9.73. The van der Waals surface area contributed by atoms with E-state index in [0.29, 0.717) is 29.6 Å².